The van der Waals surface area contributed by atoms with Crippen molar-refractivity contribution in [2.45, 2.75) is 185 Å². The van der Waals surface area contributed by atoms with Crippen molar-refractivity contribution in [1.29, 1.82) is 0 Å². The van der Waals surface area contributed by atoms with Gasteiger partial charge in [-0.2, -0.15) is 0 Å². The molecule has 4 rings (SSSR count). The number of cyclic esters (lactones) is 1. The number of carbonyl (C=O) groups excluding carboxylic acids is 2. The maximum absolute atomic E-state index is 14.3. The van der Waals surface area contributed by atoms with Gasteiger partial charge in [-0.3, -0.25) is 4.79 Å². The summed E-state index contributed by atoms with van der Waals surface area (Å²) in [5.41, 5.74) is 2.89. The number of carbonyl (C=O) groups is 2. The fourth-order valence-electron chi connectivity index (χ4n) is 9.25. The molecule has 0 aromatic carbocycles. The van der Waals surface area contributed by atoms with Crippen LogP contribution in [-0.2, 0) is 42.7 Å². The zero-order chi connectivity index (χ0) is 40.0. The minimum atomic E-state index is -1.64. The van der Waals surface area contributed by atoms with Crippen LogP contribution < -0.4 is 5.73 Å². The summed E-state index contributed by atoms with van der Waals surface area (Å²) in [5.74, 6) is -3.24. The van der Waals surface area contributed by atoms with E-state index >= 15 is 0 Å². The van der Waals surface area contributed by atoms with Crippen LogP contribution in [-0.4, -0.2) is 144 Å². The zero-order valence-corrected chi connectivity index (χ0v) is 34.0. The van der Waals surface area contributed by atoms with Crippen LogP contribution in [0.1, 0.15) is 94.9 Å². The molecule has 1 unspecified atom stereocenters. The van der Waals surface area contributed by atoms with Gasteiger partial charge in [0.2, 0.25) is 0 Å². The summed E-state index contributed by atoms with van der Waals surface area (Å²) >= 11 is 0. The van der Waals surface area contributed by atoms with Crippen LogP contribution in [0.25, 0.3) is 0 Å². The molecule has 0 amide bonds. The summed E-state index contributed by atoms with van der Waals surface area (Å²) in [6.07, 6.45) is -8.68. The summed E-state index contributed by atoms with van der Waals surface area (Å²) in [7, 11) is 5.26. The Balaban J connectivity index is 1.84. The van der Waals surface area contributed by atoms with Crippen LogP contribution in [0.15, 0.2) is 0 Å². The third kappa shape index (κ3) is 9.00. The molecule has 0 aliphatic carbocycles. The van der Waals surface area contributed by atoms with Gasteiger partial charge in [0.1, 0.15) is 18.3 Å². The predicted molar refractivity (Wildman–Crippen MR) is 192 cm³/mol. The van der Waals surface area contributed by atoms with Gasteiger partial charge in [-0.15, -0.1) is 0 Å². The number of hydrogen-bond donors (Lipinski definition) is 4. The third-order valence-corrected chi connectivity index (χ3v) is 12.7. The van der Waals surface area contributed by atoms with Gasteiger partial charge < -0.3 is 63.8 Å². The number of ether oxygens (including phenoxy) is 8. The van der Waals surface area contributed by atoms with Gasteiger partial charge >= 0.3 is 12.1 Å². The number of aliphatic hydroxyl groups is 3. The molecular weight excluding hydrogens is 692 g/mol. The Labute approximate surface area is 315 Å². The molecule has 0 spiro atoms. The fourth-order valence-corrected chi connectivity index (χ4v) is 9.25. The molecule has 0 saturated carbocycles. The Bertz CT molecular complexity index is 1260. The number of methoxy groups -OCH3 is 1. The maximum Gasteiger partial charge on any atom is 0.509 e. The second kappa shape index (κ2) is 16.8. The summed E-state index contributed by atoms with van der Waals surface area (Å²) in [5, 5.41) is 35.1. The van der Waals surface area contributed by atoms with Gasteiger partial charge in [-0.25, -0.2) is 4.79 Å². The van der Waals surface area contributed by atoms with Gasteiger partial charge in [0.15, 0.2) is 24.3 Å². The SMILES string of the molecule is CC[C@@H]1OC(=O)[C@H](C)[C@@H](O[C@H]2C[C@@](C)(OC)[C@@H](O)[C@H](C)O2)[C@H](C)[C@@H](O[C@@H]2O[C@H](C)C[C@H](N(C)C)[C@H]2O)[C@@](C)(O)C[C@@H](C)[C@H](N)[C@@H](C)C2OC(=O)O[C@@]21C. The van der Waals surface area contributed by atoms with E-state index in [9.17, 15) is 24.9 Å². The minimum absolute atomic E-state index is 0.120. The number of rotatable bonds is 7. The Morgan fingerprint density at radius 3 is 2.17 bits per heavy atom. The first-order valence-electron chi connectivity index (χ1n) is 19.3. The number of likely N-dealkylation sites (N-methyl/N-ethyl adjacent to an activating group) is 1. The molecule has 4 aliphatic heterocycles. The van der Waals surface area contributed by atoms with E-state index in [2.05, 4.69) is 0 Å². The third-order valence-electron chi connectivity index (χ3n) is 12.7. The molecule has 15 nitrogen and oxygen atoms in total. The summed E-state index contributed by atoms with van der Waals surface area (Å²) in [6, 6.07) is -0.896. The minimum Gasteiger partial charge on any atom is -0.458 e. The number of nitrogens with zero attached hydrogens (tertiary/aromatic N) is 1. The molecule has 0 aromatic heterocycles. The van der Waals surface area contributed by atoms with E-state index in [-0.39, 0.29) is 30.9 Å². The highest BCUT2D eigenvalue weighted by atomic mass is 16.8. The Morgan fingerprint density at radius 1 is 0.943 bits per heavy atom. The quantitative estimate of drug-likeness (QED) is 0.276. The number of esters is 1. The monoisotopic (exact) mass is 760 g/mol. The lowest BCUT2D eigenvalue weighted by atomic mass is 9.72. The lowest BCUT2D eigenvalue weighted by molar-refractivity contribution is -0.318. The average Bonchev–Trinajstić information content (AvgIpc) is 3.40. The number of aliphatic hydroxyl groups excluding tert-OH is 2. The number of hydrogen-bond acceptors (Lipinski definition) is 15. The van der Waals surface area contributed by atoms with E-state index in [0.717, 1.165) is 0 Å². The molecule has 53 heavy (non-hydrogen) atoms. The molecule has 19 atom stereocenters. The van der Waals surface area contributed by atoms with Gasteiger partial charge in [0.25, 0.3) is 0 Å². The second-order valence-corrected chi connectivity index (χ2v) is 17.2. The van der Waals surface area contributed by atoms with Gasteiger partial charge in [0, 0.05) is 37.5 Å². The van der Waals surface area contributed by atoms with Gasteiger partial charge in [-0.1, -0.05) is 27.7 Å². The summed E-state index contributed by atoms with van der Waals surface area (Å²) in [4.78, 5) is 29.0. The summed E-state index contributed by atoms with van der Waals surface area (Å²) in [6.45, 7) is 17.8. The Kier molecular flexibility index (Phi) is 14.0. The normalized spacial score (nSPS) is 50.5. The van der Waals surface area contributed by atoms with Crippen LogP contribution in [0, 0.1) is 23.7 Å². The standard InChI is InChI=1S/C38H68N2O13/c1-14-25-38(10)32(52-35(44)53-38)20(4)27(39)18(2)16-36(8,45)31(51-34-28(41)24(40(11)12)15-19(3)47-34)21(5)29(22(6)33(43)49-25)50-26-17-37(9,46-13)30(42)23(7)48-26/h18-32,34,41-42,45H,14-17,39H2,1-13H3/t18-,19-,20-,21+,22-,23+,24+,25+,26+,27+,28-,29+,30+,31-,32?,34+,36+,37-,38-/m1/s1. The molecular formula is C38H68N2O13. The molecule has 0 aromatic rings. The molecule has 4 heterocycles. The predicted octanol–water partition coefficient (Wildman–Crippen LogP) is 2.73. The van der Waals surface area contributed by atoms with E-state index < -0.39 is 108 Å². The molecule has 4 aliphatic rings. The first-order valence-corrected chi connectivity index (χ1v) is 19.3. The lowest BCUT2D eigenvalue weighted by Crippen LogP contribution is -2.61. The van der Waals surface area contributed by atoms with Crippen LogP contribution in [0.3, 0.4) is 0 Å². The van der Waals surface area contributed by atoms with Crippen LogP contribution in [0.4, 0.5) is 4.79 Å². The van der Waals surface area contributed by atoms with Crippen LogP contribution in [0.2, 0.25) is 0 Å². The molecule has 0 bridgehead atoms. The number of fused-ring (bicyclic) bond motifs is 1. The molecule has 4 fully saturated rings. The van der Waals surface area contributed by atoms with Crippen molar-refractivity contribution in [3.63, 3.8) is 0 Å². The highest BCUT2D eigenvalue weighted by molar-refractivity contribution is 5.73. The van der Waals surface area contributed by atoms with Crippen LogP contribution >= 0.6 is 0 Å². The topological polar surface area (TPSA) is 198 Å². The smallest absolute Gasteiger partial charge is 0.458 e. The molecule has 4 saturated heterocycles. The Morgan fingerprint density at radius 2 is 1.58 bits per heavy atom. The van der Waals surface area contributed by atoms with Crippen molar-refractivity contribution in [3.05, 3.63) is 0 Å². The largest absolute Gasteiger partial charge is 0.509 e. The van der Waals surface area contributed by atoms with E-state index in [4.69, 9.17) is 43.6 Å². The number of nitrogens with two attached hydrogens (primary N) is 1. The van der Waals surface area contributed by atoms with Crippen molar-refractivity contribution in [3.8, 4) is 0 Å². The highest BCUT2D eigenvalue weighted by Crippen LogP contribution is 2.43. The average molecular weight is 761 g/mol. The summed E-state index contributed by atoms with van der Waals surface area (Å²) < 4.78 is 49.3. The second-order valence-electron chi connectivity index (χ2n) is 17.2. The Hall–Kier alpha value is -1.66. The molecule has 5 N–H and O–H groups in total. The fraction of sp³-hybridized carbons (Fsp3) is 0.947. The molecule has 308 valence electrons. The zero-order valence-electron chi connectivity index (χ0n) is 34.0. The van der Waals surface area contributed by atoms with Crippen molar-refractivity contribution in [2.75, 3.05) is 21.2 Å². The van der Waals surface area contributed by atoms with Gasteiger partial charge in [0.05, 0.1) is 41.5 Å². The van der Waals surface area contributed by atoms with Crippen molar-refractivity contribution in [1.82, 2.24) is 4.90 Å². The van der Waals surface area contributed by atoms with E-state index in [1.807, 2.05) is 53.6 Å². The molecule has 15 heteroatoms. The van der Waals surface area contributed by atoms with E-state index in [1.54, 1.807) is 34.6 Å². The van der Waals surface area contributed by atoms with Crippen molar-refractivity contribution < 1.29 is 62.8 Å². The van der Waals surface area contributed by atoms with E-state index in [1.165, 1.54) is 7.11 Å². The van der Waals surface area contributed by atoms with Gasteiger partial charge in [-0.05, 0) is 80.8 Å². The first kappa shape index (κ1) is 44.1. The maximum atomic E-state index is 14.3. The highest BCUT2D eigenvalue weighted by Gasteiger charge is 2.59. The lowest BCUT2D eigenvalue weighted by Gasteiger charge is -2.49. The first-order chi connectivity index (χ1) is 24.5. The van der Waals surface area contributed by atoms with Crippen molar-refractivity contribution >= 4 is 12.1 Å². The molecule has 0 radical (unpaired) electrons. The van der Waals surface area contributed by atoms with Crippen molar-refractivity contribution in [2.24, 2.45) is 29.4 Å². The van der Waals surface area contributed by atoms with Crippen LogP contribution in [0.5, 0.6) is 0 Å². The van der Waals surface area contributed by atoms with E-state index in [0.29, 0.717) is 12.8 Å².